The Kier molecular flexibility index (Phi) is 5.51. The molecule has 3 fully saturated rings. The van der Waals surface area contributed by atoms with Gasteiger partial charge in [0.05, 0.1) is 17.4 Å². The number of rotatable bonds is 4. The van der Waals surface area contributed by atoms with E-state index in [4.69, 9.17) is 0 Å². The molecule has 144 valence electrons. The van der Waals surface area contributed by atoms with Crippen LogP contribution in [0.1, 0.15) is 44.9 Å². The molecule has 0 aromatic heterocycles. The maximum atomic E-state index is 13.0. The van der Waals surface area contributed by atoms with E-state index in [0.717, 1.165) is 12.8 Å². The normalized spacial score (nSPS) is 33.2. The topological polar surface area (TPSA) is 70.6 Å². The van der Waals surface area contributed by atoms with Crippen molar-refractivity contribution < 1.29 is 21.6 Å². The molecule has 0 aromatic rings. The van der Waals surface area contributed by atoms with E-state index in [1.165, 1.54) is 0 Å². The lowest BCUT2D eigenvalue weighted by molar-refractivity contribution is -0.183. The summed E-state index contributed by atoms with van der Waals surface area (Å²) in [6, 6.07) is 0.0956. The van der Waals surface area contributed by atoms with E-state index < -0.39 is 21.9 Å². The Balaban J connectivity index is 1.57. The lowest BCUT2D eigenvalue weighted by atomic mass is 9.85. The number of sulfone groups is 1. The Morgan fingerprint density at radius 2 is 1.76 bits per heavy atom. The summed E-state index contributed by atoms with van der Waals surface area (Å²) in [4.78, 5) is 4.48. The third-order valence-electron chi connectivity index (χ3n) is 5.23. The van der Waals surface area contributed by atoms with Gasteiger partial charge >= 0.3 is 6.18 Å². The molecule has 3 atom stereocenters. The fourth-order valence-corrected chi connectivity index (χ4v) is 5.45. The summed E-state index contributed by atoms with van der Waals surface area (Å²) in [6.45, 7) is 0.400. The number of hydrogen-bond donors (Lipinski definition) is 2. The van der Waals surface area contributed by atoms with Gasteiger partial charge in [0.25, 0.3) is 0 Å². The van der Waals surface area contributed by atoms with Crippen LogP contribution in [-0.4, -0.2) is 50.7 Å². The molecule has 2 saturated carbocycles. The van der Waals surface area contributed by atoms with Gasteiger partial charge in [-0.3, -0.25) is 4.99 Å². The number of guanidine groups is 1. The summed E-state index contributed by atoms with van der Waals surface area (Å²) in [5.74, 6) is -0.327. The second kappa shape index (κ2) is 7.32. The van der Waals surface area contributed by atoms with Crippen molar-refractivity contribution >= 4 is 15.8 Å². The van der Waals surface area contributed by atoms with E-state index in [0.29, 0.717) is 37.8 Å². The lowest BCUT2D eigenvalue weighted by Gasteiger charge is -2.32. The number of nitrogens with zero attached hydrogens (tertiary/aromatic N) is 1. The average molecular weight is 381 g/mol. The van der Waals surface area contributed by atoms with Crippen molar-refractivity contribution in [2.75, 3.05) is 18.1 Å². The molecule has 3 rings (SSSR count). The van der Waals surface area contributed by atoms with Crippen LogP contribution in [0.5, 0.6) is 0 Å². The van der Waals surface area contributed by atoms with Crippen molar-refractivity contribution in [3.63, 3.8) is 0 Å². The number of hydrogen-bond acceptors (Lipinski definition) is 3. The predicted octanol–water partition coefficient (Wildman–Crippen LogP) is 2.24. The van der Waals surface area contributed by atoms with Crippen LogP contribution in [0.3, 0.4) is 0 Å². The molecule has 1 saturated heterocycles. The highest BCUT2D eigenvalue weighted by molar-refractivity contribution is 7.91. The van der Waals surface area contributed by atoms with E-state index >= 15 is 0 Å². The molecule has 9 heteroatoms. The highest BCUT2D eigenvalue weighted by atomic mass is 32.2. The minimum atomic E-state index is -4.14. The average Bonchev–Trinajstić information content (AvgIpc) is 3.26. The highest BCUT2D eigenvalue weighted by Crippen LogP contribution is 2.37. The van der Waals surface area contributed by atoms with Gasteiger partial charge in [-0.1, -0.05) is 6.42 Å². The van der Waals surface area contributed by atoms with Crippen molar-refractivity contribution in [2.24, 2.45) is 16.8 Å². The lowest BCUT2D eigenvalue weighted by Crippen LogP contribution is -2.47. The Bertz CT molecular complexity index is 602. The summed E-state index contributed by atoms with van der Waals surface area (Å²) in [7, 11) is -2.94. The zero-order chi connectivity index (χ0) is 18.1. The van der Waals surface area contributed by atoms with Crippen molar-refractivity contribution in [3.8, 4) is 0 Å². The fourth-order valence-electron chi connectivity index (χ4n) is 3.60. The third-order valence-corrected chi connectivity index (χ3v) is 7.07. The molecular formula is C16H26F3N3O2S. The van der Waals surface area contributed by atoms with Crippen LogP contribution in [0.2, 0.25) is 0 Å². The third kappa shape index (κ3) is 5.76. The van der Waals surface area contributed by atoms with Gasteiger partial charge in [0.15, 0.2) is 15.8 Å². The van der Waals surface area contributed by atoms with Crippen LogP contribution in [-0.2, 0) is 9.84 Å². The second-order valence-electron chi connectivity index (χ2n) is 7.62. The molecule has 0 bridgehead atoms. The molecule has 0 aromatic carbocycles. The smallest absolute Gasteiger partial charge is 0.354 e. The highest BCUT2D eigenvalue weighted by Gasteiger charge is 2.42. The second-order valence-corrected chi connectivity index (χ2v) is 9.85. The molecule has 0 spiro atoms. The van der Waals surface area contributed by atoms with Crippen molar-refractivity contribution in [1.82, 2.24) is 10.6 Å². The molecule has 1 aliphatic heterocycles. The largest absolute Gasteiger partial charge is 0.391 e. The van der Waals surface area contributed by atoms with Crippen LogP contribution >= 0.6 is 0 Å². The van der Waals surface area contributed by atoms with Crippen LogP contribution in [0.4, 0.5) is 13.2 Å². The van der Waals surface area contributed by atoms with Crippen LogP contribution in [0.15, 0.2) is 4.99 Å². The molecule has 25 heavy (non-hydrogen) atoms. The number of halogens is 3. The minimum Gasteiger partial charge on any atom is -0.354 e. The number of nitrogens with one attached hydrogen (secondary N) is 2. The van der Waals surface area contributed by atoms with Crippen LogP contribution in [0, 0.1) is 11.8 Å². The monoisotopic (exact) mass is 381 g/mol. The van der Waals surface area contributed by atoms with Gasteiger partial charge in [-0.05, 0) is 44.4 Å². The van der Waals surface area contributed by atoms with Crippen molar-refractivity contribution in [3.05, 3.63) is 0 Å². The Labute approximate surface area is 146 Å². The van der Waals surface area contributed by atoms with E-state index in [2.05, 4.69) is 15.6 Å². The fraction of sp³-hybridized carbons (Fsp3) is 0.938. The minimum absolute atomic E-state index is 0.0112. The maximum Gasteiger partial charge on any atom is 0.391 e. The Morgan fingerprint density at radius 1 is 1.04 bits per heavy atom. The number of aliphatic imine (C=N–C) groups is 1. The van der Waals surface area contributed by atoms with Crippen molar-refractivity contribution in [2.45, 2.75) is 63.2 Å². The molecular weight excluding hydrogens is 355 g/mol. The van der Waals surface area contributed by atoms with Gasteiger partial charge in [0, 0.05) is 18.6 Å². The predicted molar refractivity (Wildman–Crippen MR) is 90.2 cm³/mol. The van der Waals surface area contributed by atoms with Gasteiger partial charge in [-0.2, -0.15) is 13.2 Å². The van der Waals surface area contributed by atoms with E-state index in [1.54, 1.807) is 0 Å². The molecule has 0 radical (unpaired) electrons. The summed E-state index contributed by atoms with van der Waals surface area (Å²) in [5.41, 5.74) is 0. The standard InChI is InChI=1S/C16H26F3N3O2S/c17-16(18,19)12-2-1-3-14(8-12)22-15(21-13-4-5-13)20-9-11-6-7-25(23,24)10-11/h11-14H,1-10H2,(H2,20,21,22). The molecule has 1 heterocycles. The summed E-state index contributed by atoms with van der Waals surface area (Å²) in [6.07, 6.45) is 0.0800. The first-order valence-corrected chi connectivity index (χ1v) is 10.9. The van der Waals surface area contributed by atoms with Gasteiger partial charge in [-0.15, -0.1) is 0 Å². The summed E-state index contributed by atoms with van der Waals surface area (Å²) >= 11 is 0. The van der Waals surface area contributed by atoms with E-state index in [9.17, 15) is 21.6 Å². The first-order valence-electron chi connectivity index (χ1n) is 9.06. The molecule has 2 N–H and O–H groups in total. The Morgan fingerprint density at radius 3 is 2.36 bits per heavy atom. The zero-order valence-corrected chi connectivity index (χ0v) is 15.0. The van der Waals surface area contributed by atoms with E-state index in [1.807, 2.05) is 0 Å². The van der Waals surface area contributed by atoms with Crippen molar-refractivity contribution in [1.29, 1.82) is 0 Å². The zero-order valence-electron chi connectivity index (χ0n) is 14.2. The van der Waals surface area contributed by atoms with E-state index in [-0.39, 0.29) is 36.3 Å². The molecule has 2 aliphatic carbocycles. The summed E-state index contributed by atoms with van der Waals surface area (Å²) in [5, 5.41) is 6.41. The summed E-state index contributed by atoms with van der Waals surface area (Å²) < 4.78 is 62.0. The van der Waals surface area contributed by atoms with Gasteiger partial charge in [-0.25, -0.2) is 8.42 Å². The number of alkyl halides is 3. The van der Waals surface area contributed by atoms with Crippen LogP contribution in [0.25, 0.3) is 0 Å². The maximum absolute atomic E-state index is 13.0. The van der Waals surface area contributed by atoms with Gasteiger partial charge in [0.1, 0.15) is 0 Å². The Hall–Kier alpha value is -0.990. The molecule has 5 nitrogen and oxygen atoms in total. The SMILES string of the molecule is O=S1(=O)CCC(CN=C(NC2CC2)NC2CCCC(C(F)(F)F)C2)C1. The van der Waals surface area contributed by atoms with Gasteiger partial charge in [0.2, 0.25) is 0 Å². The molecule has 3 aliphatic rings. The van der Waals surface area contributed by atoms with Crippen LogP contribution < -0.4 is 10.6 Å². The molecule has 3 unspecified atom stereocenters. The molecule has 0 amide bonds. The first-order chi connectivity index (χ1) is 11.7. The quantitative estimate of drug-likeness (QED) is 0.579. The van der Waals surface area contributed by atoms with Gasteiger partial charge < -0.3 is 10.6 Å². The first kappa shape index (κ1) is 18.8.